The predicted molar refractivity (Wildman–Crippen MR) is 113 cm³/mol. The van der Waals surface area contributed by atoms with Crippen molar-refractivity contribution in [2.45, 2.75) is 53.0 Å². The zero-order chi connectivity index (χ0) is 21.1. The van der Waals surface area contributed by atoms with Gasteiger partial charge in [-0.1, -0.05) is 6.92 Å². The van der Waals surface area contributed by atoms with Gasteiger partial charge in [-0.05, 0) is 44.6 Å². The molecule has 3 rings (SSSR count). The van der Waals surface area contributed by atoms with Crippen LogP contribution in [0.3, 0.4) is 0 Å². The summed E-state index contributed by atoms with van der Waals surface area (Å²) >= 11 is 1.52. The van der Waals surface area contributed by atoms with Crippen molar-refractivity contribution in [1.29, 1.82) is 0 Å². The predicted octanol–water partition coefficient (Wildman–Crippen LogP) is 1.12. The topological polar surface area (TPSA) is 80.2 Å². The highest BCUT2D eigenvalue weighted by Gasteiger charge is 2.33. The van der Waals surface area contributed by atoms with Crippen LogP contribution in [0.1, 0.15) is 54.9 Å². The maximum Gasteiger partial charge on any atom is 0.341 e. The molecule has 29 heavy (non-hydrogen) atoms. The quantitative estimate of drug-likeness (QED) is 0.697. The third kappa shape index (κ3) is 4.80. The van der Waals surface area contributed by atoms with E-state index >= 15 is 0 Å². The summed E-state index contributed by atoms with van der Waals surface area (Å²) in [4.78, 5) is 41.3. The SMILES string of the molecule is CCOC(=O)c1c(NC(=O)[C@H](C)[NH+]2CCN(C(C)=O)CC2)sc2c1CC[C@@H](C)C2. The van der Waals surface area contributed by atoms with Crippen LogP contribution in [-0.4, -0.2) is 61.5 Å². The van der Waals surface area contributed by atoms with Crippen LogP contribution in [0, 0.1) is 5.92 Å². The molecule has 1 fully saturated rings. The smallest absolute Gasteiger partial charge is 0.341 e. The van der Waals surface area contributed by atoms with E-state index in [-0.39, 0.29) is 23.8 Å². The Kier molecular flexibility index (Phi) is 6.95. The van der Waals surface area contributed by atoms with Crippen molar-refractivity contribution < 1.29 is 24.0 Å². The summed E-state index contributed by atoms with van der Waals surface area (Å²) in [5.74, 6) is 0.234. The van der Waals surface area contributed by atoms with Crippen LogP contribution in [-0.2, 0) is 27.2 Å². The van der Waals surface area contributed by atoms with Crippen LogP contribution < -0.4 is 10.2 Å². The third-order valence-electron chi connectivity index (χ3n) is 6.08. The Bertz CT molecular complexity index is 783. The van der Waals surface area contributed by atoms with Gasteiger partial charge in [-0.25, -0.2) is 4.79 Å². The normalized spacial score (nSPS) is 20.7. The number of quaternary nitrogens is 1. The van der Waals surface area contributed by atoms with E-state index in [0.29, 0.717) is 36.2 Å². The summed E-state index contributed by atoms with van der Waals surface area (Å²) in [6, 6.07) is -0.253. The maximum absolute atomic E-state index is 13.0. The third-order valence-corrected chi connectivity index (χ3v) is 7.25. The monoisotopic (exact) mass is 422 g/mol. The first kappa shape index (κ1) is 21.8. The molecule has 0 unspecified atom stereocenters. The van der Waals surface area contributed by atoms with Crippen molar-refractivity contribution in [3.05, 3.63) is 16.0 Å². The first-order chi connectivity index (χ1) is 13.8. The minimum atomic E-state index is -0.343. The average Bonchev–Trinajstić information content (AvgIpc) is 3.04. The Labute approximate surface area is 176 Å². The van der Waals surface area contributed by atoms with Gasteiger partial charge in [-0.3, -0.25) is 9.59 Å². The summed E-state index contributed by atoms with van der Waals surface area (Å²) < 4.78 is 5.29. The Morgan fingerprint density at radius 2 is 2.00 bits per heavy atom. The summed E-state index contributed by atoms with van der Waals surface area (Å²) in [7, 11) is 0. The summed E-state index contributed by atoms with van der Waals surface area (Å²) in [5, 5.41) is 3.66. The van der Waals surface area contributed by atoms with Gasteiger partial charge in [-0.2, -0.15) is 0 Å². The molecule has 0 aromatic carbocycles. The van der Waals surface area contributed by atoms with E-state index in [9.17, 15) is 14.4 Å². The first-order valence-corrected chi connectivity index (χ1v) is 11.4. The number of thiophene rings is 1. The lowest BCUT2D eigenvalue weighted by Crippen LogP contribution is -3.19. The molecule has 1 aromatic rings. The lowest BCUT2D eigenvalue weighted by molar-refractivity contribution is -0.917. The molecule has 1 aliphatic heterocycles. The molecule has 0 saturated carbocycles. The summed E-state index contributed by atoms with van der Waals surface area (Å²) in [6.07, 6.45) is 2.84. The Balaban J connectivity index is 1.74. The van der Waals surface area contributed by atoms with E-state index in [2.05, 4.69) is 12.2 Å². The molecule has 2 atom stereocenters. The molecule has 160 valence electrons. The van der Waals surface area contributed by atoms with Crippen molar-refractivity contribution in [3.8, 4) is 0 Å². The van der Waals surface area contributed by atoms with E-state index in [0.717, 1.165) is 42.8 Å². The number of hydrogen-bond donors (Lipinski definition) is 2. The first-order valence-electron chi connectivity index (χ1n) is 10.5. The highest BCUT2D eigenvalue weighted by atomic mass is 32.1. The van der Waals surface area contributed by atoms with Gasteiger partial charge < -0.3 is 19.9 Å². The van der Waals surface area contributed by atoms with Gasteiger partial charge in [0.15, 0.2) is 6.04 Å². The molecular weight excluding hydrogens is 390 g/mol. The van der Waals surface area contributed by atoms with Gasteiger partial charge in [0.05, 0.1) is 38.3 Å². The number of esters is 1. The highest BCUT2D eigenvalue weighted by molar-refractivity contribution is 7.17. The minimum Gasteiger partial charge on any atom is -0.462 e. The number of fused-ring (bicyclic) bond motifs is 1. The van der Waals surface area contributed by atoms with Gasteiger partial charge in [0, 0.05) is 11.8 Å². The molecule has 0 spiro atoms. The molecule has 2 amide bonds. The number of rotatable bonds is 5. The zero-order valence-electron chi connectivity index (χ0n) is 17.8. The number of hydrogen-bond acceptors (Lipinski definition) is 5. The Morgan fingerprint density at radius 3 is 2.62 bits per heavy atom. The Morgan fingerprint density at radius 1 is 1.31 bits per heavy atom. The molecule has 1 aromatic heterocycles. The van der Waals surface area contributed by atoms with Gasteiger partial charge >= 0.3 is 5.97 Å². The zero-order valence-corrected chi connectivity index (χ0v) is 18.6. The van der Waals surface area contributed by atoms with Gasteiger partial charge in [0.2, 0.25) is 5.91 Å². The molecule has 2 N–H and O–H groups in total. The molecule has 7 nitrogen and oxygen atoms in total. The van der Waals surface area contributed by atoms with E-state index in [1.807, 2.05) is 11.8 Å². The fourth-order valence-corrected chi connectivity index (χ4v) is 5.61. The number of nitrogens with zero attached hydrogens (tertiary/aromatic N) is 1. The van der Waals surface area contributed by atoms with Gasteiger partial charge in [0.1, 0.15) is 5.00 Å². The second-order valence-corrected chi connectivity index (χ2v) is 9.26. The molecule has 0 bridgehead atoms. The van der Waals surface area contributed by atoms with Crippen molar-refractivity contribution in [3.63, 3.8) is 0 Å². The minimum absolute atomic E-state index is 0.0821. The lowest BCUT2D eigenvalue weighted by Gasteiger charge is -2.34. The Hall–Kier alpha value is -1.93. The van der Waals surface area contributed by atoms with Crippen LogP contribution in [0.2, 0.25) is 0 Å². The van der Waals surface area contributed by atoms with Crippen LogP contribution in [0.25, 0.3) is 0 Å². The van der Waals surface area contributed by atoms with E-state index in [4.69, 9.17) is 4.74 Å². The fourth-order valence-electron chi connectivity index (χ4n) is 4.21. The summed E-state index contributed by atoms with van der Waals surface area (Å²) in [6.45, 7) is 10.7. The van der Waals surface area contributed by atoms with E-state index in [1.54, 1.807) is 13.8 Å². The molecule has 2 aliphatic rings. The van der Waals surface area contributed by atoms with Crippen molar-refractivity contribution in [2.24, 2.45) is 5.92 Å². The van der Waals surface area contributed by atoms with Crippen molar-refractivity contribution in [2.75, 3.05) is 38.1 Å². The van der Waals surface area contributed by atoms with Crippen molar-refractivity contribution in [1.82, 2.24) is 4.90 Å². The lowest BCUT2D eigenvalue weighted by atomic mass is 9.88. The largest absolute Gasteiger partial charge is 0.462 e. The number of anilines is 1. The molecule has 8 heteroatoms. The molecule has 0 radical (unpaired) electrons. The van der Waals surface area contributed by atoms with Crippen LogP contribution in [0.4, 0.5) is 5.00 Å². The molecule has 1 saturated heterocycles. The van der Waals surface area contributed by atoms with E-state index in [1.165, 1.54) is 16.2 Å². The second kappa shape index (κ2) is 9.26. The van der Waals surface area contributed by atoms with E-state index < -0.39 is 0 Å². The number of nitrogens with one attached hydrogen (secondary N) is 2. The molecular formula is C21H32N3O4S+. The highest BCUT2D eigenvalue weighted by Crippen LogP contribution is 2.40. The van der Waals surface area contributed by atoms with Crippen molar-refractivity contribution >= 4 is 34.1 Å². The van der Waals surface area contributed by atoms with Crippen LogP contribution in [0.15, 0.2) is 0 Å². The number of carbonyl (C=O) groups excluding carboxylic acids is 3. The second-order valence-electron chi connectivity index (χ2n) is 8.15. The number of amides is 2. The number of piperazine rings is 1. The molecule has 2 heterocycles. The summed E-state index contributed by atoms with van der Waals surface area (Å²) in [5.41, 5.74) is 1.60. The van der Waals surface area contributed by atoms with Gasteiger partial charge in [-0.15, -0.1) is 11.3 Å². The average molecular weight is 423 g/mol. The number of ether oxygens (including phenoxy) is 1. The fraction of sp³-hybridized carbons (Fsp3) is 0.667. The maximum atomic E-state index is 13.0. The van der Waals surface area contributed by atoms with Gasteiger partial charge in [0.25, 0.3) is 5.91 Å². The number of carbonyl (C=O) groups is 3. The van der Waals surface area contributed by atoms with Crippen LogP contribution >= 0.6 is 11.3 Å². The van der Waals surface area contributed by atoms with Crippen LogP contribution in [0.5, 0.6) is 0 Å². The standard InChI is InChI=1S/C21H31N3O4S/c1-5-28-21(27)18-16-7-6-13(2)12-17(16)29-20(18)22-19(26)14(3)23-8-10-24(11-9-23)15(4)25/h13-14H,5-12H2,1-4H3,(H,22,26)/p+1/t13-,14+/m1/s1. The molecule has 1 aliphatic carbocycles.